The number of aryl methyl sites for hydroxylation is 1. The van der Waals surface area contributed by atoms with Crippen molar-refractivity contribution in [2.75, 3.05) is 25.0 Å². The van der Waals surface area contributed by atoms with Gasteiger partial charge in [-0.05, 0) is 75.2 Å². The van der Waals surface area contributed by atoms with Crippen molar-refractivity contribution in [3.63, 3.8) is 0 Å². The first kappa shape index (κ1) is 19.5. The van der Waals surface area contributed by atoms with Crippen molar-refractivity contribution < 1.29 is 0 Å². The van der Waals surface area contributed by atoms with Crippen LogP contribution < -0.4 is 11.1 Å². The minimum atomic E-state index is 0. The van der Waals surface area contributed by atoms with Gasteiger partial charge in [0.25, 0.3) is 0 Å². The van der Waals surface area contributed by atoms with Crippen molar-refractivity contribution in [3.05, 3.63) is 29.3 Å². The van der Waals surface area contributed by atoms with E-state index >= 15 is 0 Å². The van der Waals surface area contributed by atoms with Crippen molar-refractivity contribution >= 4 is 35.6 Å². The standard InChI is InChI=1S/C19H30N4.HI/c1-2-16(23-12-5-6-13-23)14-21-19(20)22-18-11-7-9-15-8-3-4-10-17(15)18;/h7,9,11,16H,2-6,8,10,12-14H2,1H3,(H3,20,21,22);1H. The van der Waals surface area contributed by atoms with Crippen molar-refractivity contribution in [1.82, 2.24) is 4.90 Å². The molecule has 1 aromatic carbocycles. The Morgan fingerprint density at radius 1 is 1.21 bits per heavy atom. The zero-order valence-electron chi connectivity index (χ0n) is 14.8. The van der Waals surface area contributed by atoms with Crippen LogP contribution in [-0.2, 0) is 12.8 Å². The van der Waals surface area contributed by atoms with Gasteiger partial charge in [-0.15, -0.1) is 24.0 Å². The molecule has 0 amide bonds. The normalized spacial score (nSPS) is 19.5. The van der Waals surface area contributed by atoms with Gasteiger partial charge >= 0.3 is 0 Å². The predicted octanol–water partition coefficient (Wildman–Crippen LogP) is 3.78. The van der Waals surface area contributed by atoms with Crippen LogP contribution in [0.1, 0.15) is 50.2 Å². The fraction of sp³-hybridized carbons (Fsp3) is 0.632. The molecule has 1 aromatic rings. The summed E-state index contributed by atoms with van der Waals surface area (Å²) in [6, 6.07) is 7.03. The molecule has 0 saturated carbocycles. The largest absolute Gasteiger partial charge is 0.370 e. The lowest BCUT2D eigenvalue weighted by molar-refractivity contribution is 0.242. The Morgan fingerprint density at radius 2 is 1.96 bits per heavy atom. The topological polar surface area (TPSA) is 53.6 Å². The summed E-state index contributed by atoms with van der Waals surface area (Å²) in [5, 5.41) is 3.35. The second-order valence-corrected chi connectivity index (χ2v) is 6.81. The number of hydrogen-bond donors (Lipinski definition) is 2. The second-order valence-electron chi connectivity index (χ2n) is 6.81. The van der Waals surface area contributed by atoms with Gasteiger partial charge in [-0.1, -0.05) is 19.1 Å². The van der Waals surface area contributed by atoms with Gasteiger partial charge in [-0.2, -0.15) is 0 Å². The molecular formula is C19H31IN4. The van der Waals surface area contributed by atoms with Crippen molar-refractivity contribution in [3.8, 4) is 0 Å². The van der Waals surface area contributed by atoms with Crippen LogP contribution in [-0.4, -0.2) is 36.5 Å². The van der Waals surface area contributed by atoms with E-state index in [0.717, 1.165) is 25.1 Å². The number of guanidine groups is 1. The highest BCUT2D eigenvalue weighted by atomic mass is 127. The van der Waals surface area contributed by atoms with Crippen molar-refractivity contribution in [1.29, 1.82) is 0 Å². The molecule has 24 heavy (non-hydrogen) atoms. The molecule has 0 bridgehead atoms. The highest BCUT2D eigenvalue weighted by molar-refractivity contribution is 14.0. The summed E-state index contributed by atoms with van der Waals surface area (Å²) in [6.45, 7) is 5.47. The van der Waals surface area contributed by atoms with E-state index in [-0.39, 0.29) is 24.0 Å². The molecular weight excluding hydrogens is 411 g/mol. The molecule has 1 unspecified atom stereocenters. The SMILES string of the molecule is CCC(CN=C(N)Nc1cccc2c1CCCC2)N1CCCC1.I. The van der Waals surface area contributed by atoms with E-state index in [4.69, 9.17) is 5.73 Å². The molecule has 1 saturated heterocycles. The lowest BCUT2D eigenvalue weighted by Crippen LogP contribution is -2.36. The van der Waals surface area contributed by atoms with Crippen LogP contribution in [0.4, 0.5) is 5.69 Å². The molecule has 4 nitrogen and oxygen atoms in total. The van der Waals surface area contributed by atoms with Crippen LogP contribution in [0.2, 0.25) is 0 Å². The van der Waals surface area contributed by atoms with Gasteiger partial charge in [0.15, 0.2) is 5.96 Å². The maximum Gasteiger partial charge on any atom is 0.193 e. The fourth-order valence-electron chi connectivity index (χ4n) is 3.89. The van der Waals surface area contributed by atoms with Gasteiger partial charge in [0, 0.05) is 11.7 Å². The molecule has 0 aromatic heterocycles. The highest BCUT2D eigenvalue weighted by Crippen LogP contribution is 2.27. The van der Waals surface area contributed by atoms with Crippen LogP contribution >= 0.6 is 24.0 Å². The predicted molar refractivity (Wildman–Crippen MR) is 113 cm³/mol. The summed E-state index contributed by atoms with van der Waals surface area (Å²) >= 11 is 0. The number of benzene rings is 1. The number of fused-ring (bicyclic) bond motifs is 1. The number of nitrogens with two attached hydrogens (primary N) is 1. The van der Waals surface area contributed by atoms with Gasteiger partial charge < -0.3 is 11.1 Å². The second kappa shape index (κ2) is 9.61. The molecule has 1 aliphatic heterocycles. The minimum absolute atomic E-state index is 0. The fourth-order valence-corrected chi connectivity index (χ4v) is 3.89. The molecule has 3 rings (SSSR count). The molecule has 2 aliphatic rings. The maximum absolute atomic E-state index is 6.16. The monoisotopic (exact) mass is 442 g/mol. The van der Waals surface area contributed by atoms with E-state index in [2.05, 4.69) is 40.3 Å². The first-order chi connectivity index (χ1) is 11.3. The van der Waals surface area contributed by atoms with Gasteiger partial charge in [0.05, 0.1) is 6.54 Å². The first-order valence-corrected chi connectivity index (χ1v) is 9.19. The summed E-state index contributed by atoms with van der Waals surface area (Å²) in [6.07, 6.45) is 8.70. The number of anilines is 1. The number of likely N-dealkylation sites (tertiary alicyclic amines) is 1. The third kappa shape index (κ3) is 4.85. The minimum Gasteiger partial charge on any atom is -0.370 e. The van der Waals surface area contributed by atoms with Gasteiger partial charge in [-0.25, -0.2) is 0 Å². The Hall–Kier alpha value is -0.820. The van der Waals surface area contributed by atoms with E-state index in [1.165, 1.54) is 56.3 Å². The van der Waals surface area contributed by atoms with Crippen LogP contribution in [0.5, 0.6) is 0 Å². The molecule has 1 heterocycles. The Kier molecular flexibility index (Phi) is 7.81. The summed E-state index contributed by atoms with van der Waals surface area (Å²) in [5.74, 6) is 0.557. The number of rotatable bonds is 5. The maximum atomic E-state index is 6.16. The Morgan fingerprint density at radius 3 is 2.71 bits per heavy atom. The molecule has 134 valence electrons. The third-order valence-electron chi connectivity index (χ3n) is 5.26. The molecule has 3 N–H and O–H groups in total. The van der Waals surface area contributed by atoms with Crippen molar-refractivity contribution in [2.24, 2.45) is 10.7 Å². The smallest absolute Gasteiger partial charge is 0.193 e. The number of nitrogens with one attached hydrogen (secondary N) is 1. The summed E-state index contributed by atoms with van der Waals surface area (Å²) < 4.78 is 0. The first-order valence-electron chi connectivity index (χ1n) is 9.19. The lowest BCUT2D eigenvalue weighted by Gasteiger charge is -2.25. The van der Waals surface area contributed by atoms with Crippen LogP contribution in [0, 0.1) is 0 Å². The summed E-state index contributed by atoms with van der Waals surface area (Å²) in [4.78, 5) is 7.18. The zero-order chi connectivity index (χ0) is 16.1. The molecule has 5 heteroatoms. The average molecular weight is 442 g/mol. The molecule has 1 fully saturated rings. The lowest BCUT2D eigenvalue weighted by atomic mass is 9.90. The van der Waals surface area contributed by atoms with Crippen LogP contribution in [0.25, 0.3) is 0 Å². The third-order valence-corrected chi connectivity index (χ3v) is 5.26. The molecule has 0 spiro atoms. The molecule has 1 aliphatic carbocycles. The number of nitrogens with zero attached hydrogens (tertiary/aromatic N) is 2. The Balaban J connectivity index is 0.00000208. The quantitative estimate of drug-likeness (QED) is 0.415. The summed E-state index contributed by atoms with van der Waals surface area (Å²) in [5.41, 5.74) is 10.2. The number of aliphatic imine (C=N–C) groups is 1. The number of hydrogen-bond acceptors (Lipinski definition) is 2. The summed E-state index contributed by atoms with van der Waals surface area (Å²) in [7, 11) is 0. The van der Waals surface area contributed by atoms with E-state index < -0.39 is 0 Å². The zero-order valence-corrected chi connectivity index (χ0v) is 17.1. The van der Waals surface area contributed by atoms with Gasteiger partial charge in [0.1, 0.15) is 0 Å². The highest BCUT2D eigenvalue weighted by Gasteiger charge is 2.20. The van der Waals surface area contributed by atoms with Gasteiger partial charge in [-0.3, -0.25) is 9.89 Å². The Bertz CT molecular complexity index is 552. The number of halogens is 1. The van der Waals surface area contributed by atoms with Crippen LogP contribution in [0.3, 0.4) is 0 Å². The van der Waals surface area contributed by atoms with E-state index in [0.29, 0.717) is 12.0 Å². The molecule has 0 radical (unpaired) electrons. The van der Waals surface area contributed by atoms with Crippen molar-refractivity contribution in [2.45, 2.75) is 57.9 Å². The van der Waals surface area contributed by atoms with E-state index in [1.54, 1.807) is 0 Å². The Labute approximate surface area is 163 Å². The molecule has 1 atom stereocenters. The van der Waals surface area contributed by atoms with Crippen LogP contribution in [0.15, 0.2) is 23.2 Å². The van der Waals surface area contributed by atoms with E-state index in [9.17, 15) is 0 Å². The van der Waals surface area contributed by atoms with Gasteiger partial charge in [0.2, 0.25) is 0 Å². The average Bonchev–Trinajstić information content (AvgIpc) is 3.10. The van der Waals surface area contributed by atoms with E-state index in [1.807, 2.05) is 0 Å².